The molecule has 1 aliphatic heterocycles. The monoisotopic (exact) mass is 226 g/mol. The highest BCUT2D eigenvalue weighted by molar-refractivity contribution is 5.84. The summed E-state index contributed by atoms with van der Waals surface area (Å²) in [6.45, 7) is 5.90. The summed E-state index contributed by atoms with van der Waals surface area (Å²) in [5.74, 6) is 0.426. The number of Topliss-reactive ketones (excluding diaryl/α,β-unsaturated/α-hetero) is 1. The number of carbonyl (C=O) groups is 2. The van der Waals surface area contributed by atoms with E-state index < -0.39 is 0 Å². The molecule has 16 heavy (non-hydrogen) atoms. The zero-order valence-electron chi connectivity index (χ0n) is 10.5. The number of ketones is 1. The summed E-state index contributed by atoms with van der Waals surface area (Å²) in [4.78, 5) is 26.8. The highest BCUT2D eigenvalue weighted by atomic mass is 16.2. The Morgan fingerprint density at radius 1 is 1.44 bits per heavy atom. The minimum absolute atomic E-state index is 0.148. The average molecular weight is 226 g/mol. The Bertz CT molecular complexity index is 256. The van der Waals surface area contributed by atoms with E-state index in [-0.39, 0.29) is 11.7 Å². The van der Waals surface area contributed by atoms with E-state index in [1.165, 1.54) is 0 Å². The third-order valence-electron chi connectivity index (χ3n) is 3.40. The standard InChI is InChI=1S/C12H22N2O2/c1-4-10(2)13(3)9-12(16)14-7-5-11(15)6-8-14/h10H,4-9H2,1-3H3. The van der Waals surface area contributed by atoms with Crippen molar-refractivity contribution in [2.45, 2.75) is 39.2 Å². The van der Waals surface area contributed by atoms with Crippen molar-refractivity contribution in [3.05, 3.63) is 0 Å². The first-order valence-corrected chi connectivity index (χ1v) is 6.04. The molecule has 1 rings (SSSR count). The first kappa shape index (κ1) is 13.2. The van der Waals surface area contributed by atoms with Crippen molar-refractivity contribution in [1.29, 1.82) is 0 Å². The molecule has 4 heteroatoms. The molecule has 0 aromatic heterocycles. The van der Waals surface area contributed by atoms with Crippen molar-refractivity contribution in [2.75, 3.05) is 26.7 Å². The highest BCUT2D eigenvalue weighted by Crippen LogP contribution is 2.07. The van der Waals surface area contributed by atoms with Gasteiger partial charge in [-0.25, -0.2) is 0 Å². The van der Waals surface area contributed by atoms with Crippen LogP contribution in [0.3, 0.4) is 0 Å². The van der Waals surface area contributed by atoms with Crippen molar-refractivity contribution in [1.82, 2.24) is 9.80 Å². The number of carbonyl (C=O) groups excluding carboxylic acids is 2. The number of hydrogen-bond donors (Lipinski definition) is 0. The van der Waals surface area contributed by atoms with E-state index in [1.54, 1.807) is 4.90 Å². The zero-order valence-corrected chi connectivity index (χ0v) is 10.5. The normalized spacial score (nSPS) is 19.0. The van der Waals surface area contributed by atoms with Gasteiger partial charge in [-0.3, -0.25) is 14.5 Å². The predicted molar refractivity (Wildman–Crippen MR) is 63.2 cm³/mol. The van der Waals surface area contributed by atoms with Crippen LogP contribution in [0.4, 0.5) is 0 Å². The molecule has 0 aromatic rings. The smallest absolute Gasteiger partial charge is 0.236 e. The number of rotatable bonds is 4. The third-order valence-corrected chi connectivity index (χ3v) is 3.40. The molecule has 0 radical (unpaired) electrons. The Balaban J connectivity index is 2.37. The van der Waals surface area contributed by atoms with Gasteiger partial charge >= 0.3 is 0 Å². The van der Waals surface area contributed by atoms with Crippen molar-refractivity contribution in [3.63, 3.8) is 0 Å². The Labute approximate surface area is 97.6 Å². The Morgan fingerprint density at radius 3 is 2.50 bits per heavy atom. The van der Waals surface area contributed by atoms with Gasteiger partial charge in [-0.2, -0.15) is 0 Å². The largest absolute Gasteiger partial charge is 0.341 e. The van der Waals surface area contributed by atoms with Crippen molar-refractivity contribution in [2.24, 2.45) is 0 Å². The molecule has 92 valence electrons. The SMILES string of the molecule is CCC(C)N(C)CC(=O)N1CCC(=O)CC1. The molecule has 4 nitrogen and oxygen atoms in total. The minimum atomic E-state index is 0.148. The lowest BCUT2D eigenvalue weighted by molar-refractivity contribution is -0.135. The molecule has 0 aromatic carbocycles. The number of likely N-dealkylation sites (N-methyl/N-ethyl adjacent to an activating group) is 1. The van der Waals surface area contributed by atoms with Gasteiger partial charge in [-0.05, 0) is 20.4 Å². The molecule has 1 amide bonds. The molecular weight excluding hydrogens is 204 g/mol. The van der Waals surface area contributed by atoms with Crippen LogP contribution >= 0.6 is 0 Å². The van der Waals surface area contributed by atoms with E-state index in [0.717, 1.165) is 6.42 Å². The first-order valence-electron chi connectivity index (χ1n) is 6.04. The minimum Gasteiger partial charge on any atom is -0.341 e. The second-order valence-corrected chi connectivity index (χ2v) is 4.59. The predicted octanol–water partition coefficient (Wildman–Crippen LogP) is 0.908. The van der Waals surface area contributed by atoms with Crippen LogP contribution in [0.2, 0.25) is 0 Å². The van der Waals surface area contributed by atoms with Crippen molar-refractivity contribution < 1.29 is 9.59 Å². The Morgan fingerprint density at radius 2 is 2.00 bits per heavy atom. The maximum atomic E-state index is 11.9. The van der Waals surface area contributed by atoms with Crippen LogP contribution in [0.25, 0.3) is 0 Å². The first-order chi connectivity index (χ1) is 7.54. The number of nitrogens with zero attached hydrogens (tertiary/aromatic N) is 2. The van der Waals surface area contributed by atoms with Crippen LogP contribution < -0.4 is 0 Å². The maximum Gasteiger partial charge on any atom is 0.236 e. The lowest BCUT2D eigenvalue weighted by Gasteiger charge is -2.30. The molecule has 1 aliphatic rings. The molecule has 0 aliphatic carbocycles. The highest BCUT2D eigenvalue weighted by Gasteiger charge is 2.22. The van der Waals surface area contributed by atoms with Gasteiger partial charge in [0.25, 0.3) is 0 Å². The fourth-order valence-corrected chi connectivity index (χ4v) is 1.79. The summed E-state index contributed by atoms with van der Waals surface area (Å²) in [6, 6.07) is 0.426. The third kappa shape index (κ3) is 3.59. The molecule has 1 unspecified atom stereocenters. The number of hydrogen-bond acceptors (Lipinski definition) is 3. The van der Waals surface area contributed by atoms with Crippen LogP contribution in [0.1, 0.15) is 33.1 Å². The van der Waals surface area contributed by atoms with Crippen LogP contribution in [-0.4, -0.2) is 54.2 Å². The number of amides is 1. The van der Waals surface area contributed by atoms with Gasteiger partial charge in [0.05, 0.1) is 6.54 Å². The van der Waals surface area contributed by atoms with Gasteiger partial charge < -0.3 is 4.90 Å². The lowest BCUT2D eigenvalue weighted by Crippen LogP contribution is -2.45. The van der Waals surface area contributed by atoms with Gasteiger partial charge in [-0.1, -0.05) is 6.92 Å². The fourth-order valence-electron chi connectivity index (χ4n) is 1.79. The van der Waals surface area contributed by atoms with E-state index in [1.807, 2.05) is 7.05 Å². The molecule has 0 spiro atoms. The Hall–Kier alpha value is -0.900. The summed E-state index contributed by atoms with van der Waals surface area (Å²) >= 11 is 0. The van der Waals surface area contributed by atoms with Crippen molar-refractivity contribution in [3.8, 4) is 0 Å². The van der Waals surface area contributed by atoms with E-state index in [0.29, 0.717) is 38.5 Å². The van der Waals surface area contributed by atoms with Gasteiger partial charge in [-0.15, -0.1) is 0 Å². The average Bonchev–Trinajstić information content (AvgIpc) is 2.28. The molecule has 1 atom stereocenters. The second kappa shape index (κ2) is 5.99. The van der Waals surface area contributed by atoms with Crippen LogP contribution in [-0.2, 0) is 9.59 Å². The molecule has 1 fully saturated rings. The van der Waals surface area contributed by atoms with E-state index in [4.69, 9.17) is 0 Å². The van der Waals surface area contributed by atoms with Crippen LogP contribution in [0.15, 0.2) is 0 Å². The van der Waals surface area contributed by atoms with Gasteiger partial charge in [0.2, 0.25) is 5.91 Å². The topological polar surface area (TPSA) is 40.6 Å². The summed E-state index contributed by atoms with van der Waals surface area (Å²) in [5.41, 5.74) is 0. The zero-order chi connectivity index (χ0) is 12.1. The van der Waals surface area contributed by atoms with E-state index in [9.17, 15) is 9.59 Å². The van der Waals surface area contributed by atoms with Gasteiger partial charge in [0, 0.05) is 32.0 Å². The molecule has 0 saturated carbocycles. The molecule has 0 bridgehead atoms. The molecule has 1 heterocycles. The Kier molecular flexibility index (Phi) is 4.93. The van der Waals surface area contributed by atoms with E-state index in [2.05, 4.69) is 18.7 Å². The quantitative estimate of drug-likeness (QED) is 0.715. The molecule has 1 saturated heterocycles. The van der Waals surface area contributed by atoms with Gasteiger partial charge in [0.15, 0.2) is 0 Å². The fraction of sp³-hybridized carbons (Fsp3) is 0.833. The summed E-state index contributed by atoms with van der Waals surface area (Å²) < 4.78 is 0. The second-order valence-electron chi connectivity index (χ2n) is 4.59. The van der Waals surface area contributed by atoms with Crippen LogP contribution in [0, 0.1) is 0 Å². The summed E-state index contributed by atoms with van der Waals surface area (Å²) in [5, 5.41) is 0. The molecule has 0 N–H and O–H groups in total. The van der Waals surface area contributed by atoms with Gasteiger partial charge in [0.1, 0.15) is 5.78 Å². The summed E-state index contributed by atoms with van der Waals surface area (Å²) in [7, 11) is 1.97. The number of piperidine rings is 1. The number of likely N-dealkylation sites (tertiary alicyclic amines) is 1. The summed E-state index contributed by atoms with van der Waals surface area (Å²) in [6.07, 6.45) is 2.10. The maximum absolute atomic E-state index is 11.9. The lowest BCUT2D eigenvalue weighted by atomic mass is 10.1. The van der Waals surface area contributed by atoms with Crippen molar-refractivity contribution >= 4 is 11.7 Å². The van der Waals surface area contributed by atoms with Crippen LogP contribution in [0.5, 0.6) is 0 Å². The molecular formula is C12H22N2O2. The van der Waals surface area contributed by atoms with E-state index >= 15 is 0 Å².